The normalized spacial score (nSPS) is 51.8. The molecular formula is C23H33NO2. The molecule has 0 radical (unpaired) electrons. The minimum Gasteiger partial charge on any atom is -0.387 e. The highest BCUT2D eigenvalue weighted by Gasteiger charge is 2.59. The first kappa shape index (κ1) is 18.3. The van der Waals surface area contributed by atoms with E-state index >= 15 is 0 Å². The molecule has 0 spiro atoms. The third-order valence-electron chi connectivity index (χ3n) is 8.85. The summed E-state index contributed by atoms with van der Waals surface area (Å²) < 4.78 is 5.73. The second-order valence-corrected chi connectivity index (χ2v) is 10.0. The van der Waals surface area contributed by atoms with Crippen molar-refractivity contribution in [3.63, 3.8) is 0 Å². The van der Waals surface area contributed by atoms with Crippen LogP contribution >= 0.6 is 0 Å². The smallest absolute Gasteiger partial charge is 0.0917 e. The first-order chi connectivity index (χ1) is 12.3. The number of fused-ring (bicyclic) bond motifs is 5. The van der Waals surface area contributed by atoms with Crippen molar-refractivity contribution in [1.29, 1.82) is 5.26 Å². The van der Waals surface area contributed by atoms with Gasteiger partial charge in [0, 0.05) is 13.2 Å². The van der Waals surface area contributed by atoms with Gasteiger partial charge in [0.05, 0.1) is 17.8 Å². The van der Waals surface area contributed by atoms with Crippen LogP contribution in [0.4, 0.5) is 0 Å². The number of methoxy groups -OCH3 is 1. The van der Waals surface area contributed by atoms with Crippen LogP contribution in [0, 0.1) is 39.9 Å². The van der Waals surface area contributed by atoms with Crippen LogP contribution in [0.1, 0.15) is 65.7 Å². The lowest BCUT2D eigenvalue weighted by molar-refractivity contribution is -0.136. The van der Waals surface area contributed by atoms with Gasteiger partial charge in [0.2, 0.25) is 0 Å². The molecule has 0 aromatic carbocycles. The van der Waals surface area contributed by atoms with Gasteiger partial charge in [-0.25, -0.2) is 0 Å². The monoisotopic (exact) mass is 355 g/mol. The van der Waals surface area contributed by atoms with Crippen LogP contribution in [-0.2, 0) is 4.74 Å². The maximum atomic E-state index is 10.9. The molecule has 0 aliphatic heterocycles. The molecule has 26 heavy (non-hydrogen) atoms. The highest BCUT2D eigenvalue weighted by Crippen LogP contribution is 2.66. The van der Waals surface area contributed by atoms with Crippen LogP contribution in [0.3, 0.4) is 0 Å². The van der Waals surface area contributed by atoms with E-state index in [1.165, 1.54) is 30.4 Å². The summed E-state index contributed by atoms with van der Waals surface area (Å²) in [6.07, 6.45) is 11.8. The molecule has 3 nitrogen and oxygen atoms in total. The third-order valence-corrected chi connectivity index (χ3v) is 8.85. The van der Waals surface area contributed by atoms with Crippen molar-refractivity contribution in [3.8, 4) is 6.07 Å². The van der Waals surface area contributed by atoms with Gasteiger partial charge in [-0.15, -0.1) is 0 Å². The Balaban J connectivity index is 1.69. The summed E-state index contributed by atoms with van der Waals surface area (Å²) in [4.78, 5) is 0. The van der Waals surface area contributed by atoms with Crippen LogP contribution in [0.15, 0.2) is 23.3 Å². The minimum absolute atomic E-state index is 0.0886. The van der Waals surface area contributed by atoms with Crippen molar-refractivity contribution in [2.45, 2.75) is 77.4 Å². The standard InChI is InChI=1S/C23H33NO2/c1-21-11-9-19-17(18(21)8-6-15(21)10-12-24)7-5-16-13-23(3,25)20(26-4)14-22(16,19)2/h5,10,17-20,25H,6-9,11,13-14H2,1-4H3. The van der Waals surface area contributed by atoms with Crippen LogP contribution < -0.4 is 0 Å². The van der Waals surface area contributed by atoms with E-state index < -0.39 is 5.60 Å². The lowest BCUT2D eigenvalue weighted by Crippen LogP contribution is -2.56. The molecule has 0 aromatic heterocycles. The van der Waals surface area contributed by atoms with Crippen molar-refractivity contribution in [1.82, 2.24) is 0 Å². The van der Waals surface area contributed by atoms with E-state index in [2.05, 4.69) is 26.0 Å². The van der Waals surface area contributed by atoms with E-state index in [4.69, 9.17) is 4.74 Å². The molecule has 0 bridgehead atoms. The van der Waals surface area contributed by atoms with Gasteiger partial charge in [0.15, 0.2) is 0 Å². The van der Waals surface area contributed by atoms with Crippen LogP contribution in [0.2, 0.25) is 0 Å². The van der Waals surface area contributed by atoms with Crippen molar-refractivity contribution in [2.75, 3.05) is 7.11 Å². The number of nitrogens with zero attached hydrogens (tertiary/aromatic N) is 1. The topological polar surface area (TPSA) is 53.2 Å². The Labute approximate surface area is 158 Å². The highest BCUT2D eigenvalue weighted by molar-refractivity contribution is 5.32. The number of hydrogen-bond donors (Lipinski definition) is 1. The summed E-state index contributed by atoms with van der Waals surface area (Å²) >= 11 is 0. The molecule has 142 valence electrons. The fraction of sp³-hybridized carbons (Fsp3) is 0.783. The average Bonchev–Trinajstić information content (AvgIpc) is 2.92. The largest absolute Gasteiger partial charge is 0.387 e. The number of hydrogen-bond acceptors (Lipinski definition) is 3. The predicted molar refractivity (Wildman–Crippen MR) is 102 cm³/mol. The molecule has 0 aromatic rings. The maximum Gasteiger partial charge on any atom is 0.0917 e. The zero-order chi connectivity index (χ0) is 18.7. The number of nitriles is 1. The molecule has 7 atom stereocenters. The van der Waals surface area contributed by atoms with E-state index in [-0.39, 0.29) is 16.9 Å². The molecule has 3 fully saturated rings. The molecule has 0 heterocycles. The van der Waals surface area contributed by atoms with E-state index in [0.717, 1.165) is 25.7 Å². The Morgan fingerprint density at radius 3 is 2.65 bits per heavy atom. The van der Waals surface area contributed by atoms with Gasteiger partial charge in [-0.1, -0.05) is 31.1 Å². The zero-order valence-electron chi connectivity index (χ0n) is 16.7. The zero-order valence-corrected chi connectivity index (χ0v) is 16.7. The highest BCUT2D eigenvalue weighted by atomic mass is 16.5. The molecule has 3 saturated carbocycles. The maximum absolute atomic E-state index is 10.9. The number of allylic oxidation sites excluding steroid dienone is 3. The van der Waals surface area contributed by atoms with Crippen LogP contribution in [0.25, 0.3) is 0 Å². The quantitative estimate of drug-likeness (QED) is 0.544. The summed E-state index contributed by atoms with van der Waals surface area (Å²) in [5.74, 6) is 2.07. The summed E-state index contributed by atoms with van der Waals surface area (Å²) in [6, 6.07) is 2.30. The van der Waals surface area contributed by atoms with E-state index in [1.807, 2.05) is 13.0 Å². The fourth-order valence-electron chi connectivity index (χ4n) is 7.32. The molecule has 4 aliphatic rings. The average molecular weight is 356 g/mol. The Morgan fingerprint density at radius 1 is 1.23 bits per heavy atom. The number of rotatable bonds is 1. The van der Waals surface area contributed by atoms with Gasteiger partial charge in [-0.05, 0) is 80.5 Å². The molecule has 1 N–H and O–H groups in total. The Hall–Kier alpha value is -1.11. The summed E-state index contributed by atoms with van der Waals surface area (Å²) in [6.45, 7) is 6.78. The lowest BCUT2D eigenvalue weighted by atomic mass is 9.47. The van der Waals surface area contributed by atoms with Crippen molar-refractivity contribution < 1.29 is 9.84 Å². The fourth-order valence-corrected chi connectivity index (χ4v) is 7.32. The Morgan fingerprint density at radius 2 is 1.96 bits per heavy atom. The number of aliphatic hydroxyl groups is 1. The van der Waals surface area contributed by atoms with Gasteiger partial charge in [0.25, 0.3) is 0 Å². The first-order valence-electron chi connectivity index (χ1n) is 10.3. The van der Waals surface area contributed by atoms with Gasteiger partial charge in [0.1, 0.15) is 0 Å². The Kier molecular flexibility index (Phi) is 4.18. The van der Waals surface area contributed by atoms with E-state index in [1.54, 1.807) is 7.11 Å². The van der Waals surface area contributed by atoms with Crippen LogP contribution in [0.5, 0.6) is 0 Å². The van der Waals surface area contributed by atoms with E-state index in [9.17, 15) is 10.4 Å². The van der Waals surface area contributed by atoms with Crippen molar-refractivity contribution >= 4 is 0 Å². The Bertz CT molecular complexity index is 699. The van der Waals surface area contributed by atoms with Gasteiger partial charge >= 0.3 is 0 Å². The second kappa shape index (κ2) is 5.94. The van der Waals surface area contributed by atoms with Gasteiger partial charge in [-0.3, -0.25) is 0 Å². The molecule has 4 aliphatic carbocycles. The minimum atomic E-state index is -0.758. The summed E-state index contributed by atoms with van der Waals surface area (Å²) in [5.41, 5.74) is 2.47. The lowest BCUT2D eigenvalue weighted by Gasteiger charge is -2.59. The van der Waals surface area contributed by atoms with Crippen molar-refractivity contribution in [2.24, 2.45) is 28.6 Å². The summed E-state index contributed by atoms with van der Waals surface area (Å²) in [7, 11) is 1.74. The van der Waals surface area contributed by atoms with Crippen LogP contribution in [-0.4, -0.2) is 23.9 Å². The molecule has 4 rings (SSSR count). The second-order valence-electron chi connectivity index (χ2n) is 10.0. The summed E-state index contributed by atoms with van der Waals surface area (Å²) in [5, 5.41) is 20.1. The van der Waals surface area contributed by atoms with Crippen molar-refractivity contribution in [3.05, 3.63) is 23.3 Å². The molecule has 7 unspecified atom stereocenters. The third kappa shape index (κ3) is 2.38. The molecular weight excluding hydrogens is 322 g/mol. The molecule has 0 saturated heterocycles. The van der Waals surface area contributed by atoms with E-state index in [0.29, 0.717) is 17.8 Å². The molecule has 3 heteroatoms. The van der Waals surface area contributed by atoms with Gasteiger partial charge in [-0.2, -0.15) is 5.26 Å². The predicted octanol–water partition coefficient (Wildman–Crippen LogP) is 4.78. The van der Waals surface area contributed by atoms with Gasteiger partial charge < -0.3 is 9.84 Å². The SMILES string of the molecule is COC1CC2(C)C(=CCC3C4CCC(=CC#N)C4(C)CCC32)CC1(C)O. The molecule has 0 amide bonds. The first-order valence-corrected chi connectivity index (χ1v) is 10.3. The number of ether oxygens (including phenoxy) is 1.